The number of benzene rings is 2. The van der Waals surface area contributed by atoms with E-state index in [-0.39, 0.29) is 24.8 Å². The zero-order chi connectivity index (χ0) is 18.8. The topological polar surface area (TPSA) is 42.5 Å². The van der Waals surface area contributed by atoms with Crippen molar-refractivity contribution < 1.29 is 9.47 Å². The monoisotopic (exact) mass is 468 g/mol. The summed E-state index contributed by atoms with van der Waals surface area (Å²) in [5.41, 5.74) is 2.04. The van der Waals surface area contributed by atoms with Gasteiger partial charge in [0.15, 0.2) is 11.5 Å². The Balaban J connectivity index is 0.00000364. The number of hydrogen-bond acceptors (Lipinski definition) is 4. The predicted octanol–water partition coefficient (Wildman–Crippen LogP) is 5.51. The van der Waals surface area contributed by atoms with Crippen molar-refractivity contribution in [3.8, 4) is 11.5 Å². The Bertz CT molecular complexity index is 702. The van der Waals surface area contributed by atoms with Crippen LogP contribution in [0.3, 0.4) is 0 Å². The molecule has 0 fully saturated rings. The van der Waals surface area contributed by atoms with Gasteiger partial charge < -0.3 is 20.1 Å². The van der Waals surface area contributed by atoms with E-state index in [2.05, 4.69) is 10.6 Å². The first-order chi connectivity index (χ1) is 12.6. The van der Waals surface area contributed by atoms with Gasteiger partial charge in [0.1, 0.15) is 6.61 Å². The molecule has 28 heavy (non-hydrogen) atoms. The highest BCUT2D eigenvalue weighted by atomic mass is 35.5. The Kier molecular flexibility index (Phi) is 14.6. The maximum atomic E-state index is 6.21. The van der Waals surface area contributed by atoms with Gasteiger partial charge in [-0.05, 0) is 63.3 Å². The maximum Gasteiger partial charge on any atom is 0.161 e. The van der Waals surface area contributed by atoms with E-state index in [1.165, 1.54) is 0 Å². The average Bonchev–Trinajstić information content (AvgIpc) is 2.62. The first-order valence-electron chi connectivity index (χ1n) is 8.81. The van der Waals surface area contributed by atoms with Crippen LogP contribution in [-0.4, -0.2) is 26.7 Å². The van der Waals surface area contributed by atoms with Crippen molar-refractivity contribution in [2.24, 2.45) is 0 Å². The second-order valence-corrected chi connectivity index (χ2v) is 6.72. The Morgan fingerprint density at radius 2 is 1.71 bits per heavy atom. The van der Waals surface area contributed by atoms with Crippen LogP contribution in [0.25, 0.3) is 0 Å². The van der Waals surface area contributed by atoms with E-state index in [0.29, 0.717) is 29.0 Å². The Labute approximate surface area is 190 Å². The molecule has 0 heterocycles. The molecule has 0 aliphatic carbocycles. The van der Waals surface area contributed by atoms with Crippen LogP contribution in [0.2, 0.25) is 10.0 Å². The molecule has 8 heteroatoms. The van der Waals surface area contributed by atoms with Gasteiger partial charge in [-0.3, -0.25) is 0 Å². The lowest BCUT2D eigenvalue weighted by Gasteiger charge is -2.14. The van der Waals surface area contributed by atoms with Crippen molar-refractivity contribution in [1.29, 1.82) is 0 Å². The number of halogens is 4. The molecule has 0 spiro atoms. The standard InChI is InChI=1S/C20H26Cl2N2O2.2ClH/c1-3-25-20-11-15(13-24-10-4-9-23-2)5-8-19(20)26-14-16-6-7-17(21)12-18(16)22;;/h5-8,11-12,23-24H,3-4,9-10,13-14H2,1-2H3;2*1H. The lowest BCUT2D eigenvalue weighted by atomic mass is 10.2. The molecule has 0 radical (unpaired) electrons. The van der Waals surface area contributed by atoms with Gasteiger partial charge in [-0.25, -0.2) is 0 Å². The molecule has 2 aromatic carbocycles. The smallest absolute Gasteiger partial charge is 0.161 e. The lowest BCUT2D eigenvalue weighted by Crippen LogP contribution is -2.19. The fraction of sp³-hybridized carbons (Fsp3) is 0.400. The lowest BCUT2D eigenvalue weighted by molar-refractivity contribution is 0.269. The van der Waals surface area contributed by atoms with Crippen molar-refractivity contribution in [2.45, 2.75) is 26.5 Å². The van der Waals surface area contributed by atoms with Crippen molar-refractivity contribution in [3.05, 3.63) is 57.6 Å². The van der Waals surface area contributed by atoms with E-state index >= 15 is 0 Å². The van der Waals surface area contributed by atoms with Crippen LogP contribution in [0.1, 0.15) is 24.5 Å². The van der Waals surface area contributed by atoms with E-state index < -0.39 is 0 Å². The third-order valence-electron chi connectivity index (χ3n) is 3.82. The molecule has 158 valence electrons. The first kappa shape index (κ1) is 27.1. The number of rotatable bonds is 11. The van der Waals surface area contributed by atoms with Crippen LogP contribution in [-0.2, 0) is 13.2 Å². The number of hydrogen-bond donors (Lipinski definition) is 2. The summed E-state index contributed by atoms with van der Waals surface area (Å²) in [6.07, 6.45) is 1.10. The van der Waals surface area contributed by atoms with Gasteiger partial charge in [-0.2, -0.15) is 0 Å². The highest BCUT2D eigenvalue weighted by Gasteiger charge is 2.09. The van der Waals surface area contributed by atoms with Gasteiger partial charge in [-0.15, -0.1) is 24.8 Å². The molecule has 0 atom stereocenters. The molecule has 0 aromatic heterocycles. The summed E-state index contributed by atoms with van der Waals surface area (Å²) >= 11 is 12.1. The Morgan fingerprint density at radius 1 is 0.929 bits per heavy atom. The van der Waals surface area contributed by atoms with Gasteiger partial charge in [0.25, 0.3) is 0 Å². The van der Waals surface area contributed by atoms with Gasteiger partial charge in [-0.1, -0.05) is 35.3 Å². The predicted molar refractivity (Wildman–Crippen MR) is 123 cm³/mol. The summed E-state index contributed by atoms with van der Waals surface area (Å²) in [7, 11) is 1.96. The molecule has 4 nitrogen and oxygen atoms in total. The summed E-state index contributed by atoms with van der Waals surface area (Å²) in [6.45, 7) is 5.68. The van der Waals surface area contributed by atoms with E-state index in [1.807, 2.05) is 38.2 Å². The van der Waals surface area contributed by atoms with Crippen LogP contribution in [0.5, 0.6) is 11.5 Å². The first-order valence-corrected chi connectivity index (χ1v) is 9.57. The Hall–Kier alpha value is -0.880. The summed E-state index contributed by atoms with van der Waals surface area (Å²) in [5.74, 6) is 1.45. The van der Waals surface area contributed by atoms with Crippen LogP contribution < -0.4 is 20.1 Å². The fourth-order valence-electron chi connectivity index (χ4n) is 2.47. The van der Waals surface area contributed by atoms with E-state index in [9.17, 15) is 0 Å². The SMILES string of the molecule is CCOc1cc(CNCCCNC)ccc1OCc1ccc(Cl)cc1Cl.Cl.Cl. The van der Waals surface area contributed by atoms with Crippen molar-refractivity contribution in [2.75, 3.05) is 26.7 Å². The summed E-state index contributed by atoms with van der Waals surface area (Å²) in [4.78, 5) is 0. The van der Waals surface area contributed by atoms with Crippen LogP contribution in [0, 0.1) is 0 Å². The second-order valence-electron chi connectivity index (χ2n) is 5.87. The van der Waals surface area contributed by atoms with E-state index in [0.717, 1.165) is 42.9 Å². The molecule has 0 amide bonds. The molecule has 0 saturated carbocycles. The molecule has 0 saturated heterocycles. The zero-order valence-corrected chi connectivity index (χ0v) is 19.2. The molecule has 0 bridgehead atoms. The summed E-state index contributed by atoms with van der Waals surface area (Å²) in [6, 6.07) is 11.4. The minimum atomic E-state index is 0. The zero-order valence-electron chi connectivity index (χ0n) is 16.1. The third kappa shape index (κ3) is 9.08. The van der Waals surface area contributed by atoms with Gasteiger partial charge in [0.2, 0.25) is 0 Å². The van der Waals surface area contributed by atoms with Crippen LogP contribution in [0.15, 0.2) is 36.4 Å². The normalized spacial score (nSPS) is 10.0. The van der Waals surface area contributed by atoms with Crippen LogP contribution >= 0.6 is 48.0 Å². The quantitative estimate of drug-likeness (QED) is 0.425. The van der Waals surface area contributed by atoms with E-state index in [1.54, 1.807) is 12.1 Å². The third-order valence-corrected chi connectivity index (χ3v) is 4.40. The Morgan fingerprint density at radius 3 is 2.39 bits per heavy atom. The number of nitrogens with one attached hydrogen (secondary N) is 2. The molecule has 0 unspecified atom stereocenters. The second kappa shape index (κ2) is 15.0. The van der Waals surface area contributed by atoms with Crippen molar-refractivity contribution >= 4 is 48.0 Å². The molecule has 0 aliphatic heterocycles. The maximum absolute atomic E-state index is 6.21. The van der Waals surface area contributed by atoms with Gasteiger partial charge >= 0.3 is 0 Å². The summed E-state index contributed by atoms with van der Waals surface area (Å²) in [5, 5.41) is 7.78. The van der Waals surface area contributed by atoms with Crippen molar-refractivity contribution in [1.82, 2.24) is 10.6 Å². The van der Waals surface area contributed by atoms with Crippen LogP contribution in [0.4, 0.5) is 0 Å². The molecule has 2 rings (SSSR count). The summed E-state index contributed by atoms with van der Waals surface area (Å²) < 4.78 is 11.7. The molecule has 2 aromatic rings. The van der Waals surface area contributed by atoms with Gasteiger partial charge in [0.05, 0.1) is 6.61 Å². The highest BCUT2D eigenvalue weighted by molar-refractivity contribution is 6.35. The minimum absolute atomic E-state index is 0. The van der Waals surface area contributed by atoms with Crippen molar-refractivity contribution in [3.63, 3.8) is 0 Å². The average molecular weight is 470 g/mol. The largest absolute Gasteiger partial charge is 0.490 e. The van der Waals surface area contributed by atoms with E-state index in [4.69, 9.17) is 32.7 Å². The molecule has 0 aliphatic rings. The highest BCUT2D eigenvalue weighted by Crippen LogP contribution is 2.30. The number of ether oxygens (including phenoxy) is 2. The molecular weight excluding hydrogens is 442 g/mol. The molecular formula is C20H28Cl4N2O2. The molecule has 2 N–H and O–H groups in total. The van der Waals surface area contributed by atoms with Gasteiger partial charge in [0, 0.05) is 22.2 Å². The minimum Gasteiger partial charge on any atom is -0.490 e. The fourth-order valence-corrected chi connectivity index (χ4v) is 2.93.